The Balaban J connectivity index is 2.42. The minimum Gasteiger partial charge on any atom is -0.481 e. The molecule has 0 aliphatic carbocycles. The Hall–Kier alpha value is -0.580. The number of aliphatic carboxylic acids is 1. The minimum absolute atomic E-state index is 0.487. The maximum Gasteiger partial charge on any atom is 0.315 e. The van der Waals surface area contributed by atoms with Crippen molar-refractivity contribution in [1.29, 1.82) is 0 Å². The molecule has 1 saturated heterocycles. The predicted octanol–water partition coefficient (Wildman–Crippen LogP) is 2.53. The molecule has 2 rings (SSSR count). The molecule has 0 amide bonds. The summed E-state index contributed by atoms with van der Waals surface area (Å²) in [5, 5.41) is 11.8. The first-order valence-electron chi connectivity index (χ1n) is 4.71. The van der Waals surface area contributed by atoms with Crippen molar-refractivity contribution < 1.29 is 14.6 Å². The highest BCUT2D eigenvalue weighted by molar-refractivity contribution is 7.10. The zero-order valence-corrected chi connectivity index (χ0v) is 9.61. The fourth-order valence-electron chi connectivity index (χ4n) is 1.89. The smallest absolute Gasteiger partial charge is 0.315 e. The second-order valence-electron chi connectivity index (χ2n) is 3.60. The molecule has 82 valence electrons. The first-order valence-corrected chi connectivity index (χ1v) is 5.97. The van der Waals surface area contributed by atoms with Crippen LogP contribution in [-0.2, 0) is 14.9 Å². The summed E-state index contributed by atoms with van der Waals surface area (Å²) in [6, 6.07) is 1.75. The summed E-state index contributed by atoms with van der Waals surface area (Å²) in [7, 11) is 0. The van der Waals surface area contributed by atoms with Crippen molar-refractivity contribution in [1.82, 2.24) is 0 Å². The van der Waals surface area contributed by atoms with Gasteiger partial charge >= 0.3 is 5.97 Å². The van der Waals surface area contributed by atoms with Crippen LogP contribution in [0.15, 0.2) is 11.4 Å². The molecule has 15 heavy (non-hydrogen) atoms. The SMILES string of the molecule is O=C(O)C1(c2sccc2Cl)CCOCC1. The van der Waals surface area contributed by atoms with E-state index < -0.39 is 11.4 Å². The lowest BCUT2D eigenvalue weighted by Gasteiger charge is -2.32. The van der Waals surface area contributed by atoms with Gasteiger partial charge in [0.15, 0.2) is 0 Å². The molecule has 5 heteroatoms. The maximum atomic E-state index is 11.4. The Labute approximate surface area is 96.6 Å². The second kappa shape index (κ2) is 4.12. The van der Waals surface area contributed by atoms with E-state index in [4.69, 9.17) is 16.3 Å². The monoisotopic (exact) mass is 246 g/mol. The largest absolute Gasteiger partial charge is 0.481 e. The number of halogens is 1. The van der Waals surface area contributed by atoms with Crippen molar-refractivity contribution in [3.05, 3.63) is 21.3 Å². The van der Waals surface area contributed by atoms with Crippen molar-refractivity contribution in [3.63, 3.8) is 0 Å². The Kier molecular flexibility index (Phi) is 3.00. The Morgan fingerprint density at radius 1 is 1.53 bits per heavy atom. The van der Waals surface area contributed by atoms with E-state index >= 15 is 0 Å². The zero-order chi connectivity index (χ0) is 10.9. The minimum atomic E-state index is -0.830. The van der Waals surface area contributed by atoms with E-state index in [-0.39, 0.29) is 0 Å². The molecular formula is C10H11ClO3S. The summed E-state index contributed by atoms with van der Waals surface area (Å²) in [4.78, 5) is 12.2. The van der Waals surface area contributed by atoms with Crippen LogP contribution in [0.5, 0.6) is 0 Å². The molecule has 1 aliphatic heterocycles. The summed E-state index contributed by atoms with van der Waals surface area (Å²) < 4.78 is 5.21. The van der Waals surface area contributed by atoms with Gasteiger partial charge in [0.2, 0.25) is 0 Å². The van der Waals surface area contributed by atoms with Gasteiger partial charge in [-0.25, -0.2) is 0 Å². The number of carbonyl (C=O) groups is 1. The molecule has 3 nitrogen and oxygen atoms in total. The molecule has 1 aromatic rings. The van der Waals surface area contributed by atoms with Crippen molar-refractivity contribution in [2.24, 2.45) is 0 Å². The molecule has 1 aliphatic rings. The third kappa shape index (κ3) is 1.77. The van der Waals surface area contributed by atoms with Gasteiger partial charge < -0.3 is 9.84 Å². The van der Waals surface area contributed by atoms with Crippen molar-refractivity contribution in [2.75, 3.05) is 13.2 Å². The third-order valence-corrected chi connectivity index (χ3v) is 4.35. The van der Waals surface area contributed by atoms with Crippen LogP contribution < -0.4 is 0 Å². The van der Waals surface area contributed by atoms with Crippen LogP contribution in [0.25, 0.3) is 0 Å². The predicted molar refractivity (Wildman–Crippen MR) is 58.7 cm³/mol. The number of hydrogen-bond acceptors (Lipinski definition) is 3. The lowest BCUT2D eigenvalue weighted by Crippen LogP contribution is -2.40. The first-order chi connectivity index (χ1) is 7.17. The lowest BCUT2D eigenvalue weighted by atomic mass is 9.79. The molecule has 0 radical (unpaired) electrons. The first kappa shape index (κ1) is 10.9. The second-order valence-corrected chi connectivity index (χ2v) is 4.92. The van der Waals surface area contributed by atoms with Crippen LogP contribution in [0, 0.1) is 0 Å². The van der Waals surface area contributed by atoms with Crippen molar-refractivity contribution in [3.8, 4) is 0 Å². The van der Waals surface area contributed by atoms with Gasteiger partial charge in [0.1, 0.15) is 5.41 Å². The lowest BCUT2D eigenvalue weighted by molar-refractivity contribution is -0.147. The maximum absolute atomic E-state index is 11.4. The number of thiophene rings is 1. The van der Waals surface area contributed by atoms with Gasteiger partial charge in [0.25, 0.3) is 0 Å². The molecule has 0 unspecified atom stereocenters. The van der Waals surface area contributed by atoms with E-state index in [9.17, 15) is 9.90 Å². The summed E-state index contributed by atoms with van der Waals surface area (Å²) in [6.45, 7) is 0.973. The van der Waals surface area contributed by atoms with Gasteiger partial charge in [-0.2, -0.15) is 0 Å². The quantitative estimate of drug-likeness (QED) is 0.872. The van der Waals surface area contributed by atoms with Gasteiger partial charge in [-0.15, -0.1) is 11.3 Å². The van der Waals surface area contributed by atoms with Crippen LogP contribution in [0.4, 0.5) is 0 Å². The van der Waals surface area contributed by atoms with Crippen LogP contribution >= 0.6 is 22.9 Å². The molecule has 0 saturated carbocycles. The highest BCUT2D eigenvalue weighted by Crippen LogP contribution is 2.41. The van der Waals surface area contributed by atoms with Gasteiger partial charge in [-0.3, -0.25) is 4.79 Å². The van der Waals surface area contributed by atoms with E-state index in [1.54, 1.807) is 6.07 Å². The molecule has 0 atom stereocenters. The molecular weight excluding hydrogens is 236 g/mol. The average Bonchev–Trinajstić information content (AvgIpc) is 2.66. The summed E-state index contributed by atoms with van der Waals surface area (Å²) >= 11 is 7.43. The Morgan fingerprint density at radius 2 is 2.20 bits per heavy atom. The molecule has 1 aromatic heterocycles. The van der Waals surface area contributed by atoms with Gasteiger partial charge in [0, 0.05) is 18.1 Å². The standard InChI is InChI=1S/C10H11ClO3S/c11-7-1-6-15-8(7)10(9(12)13)2-4-14-5-3-10/h1,6H,2-5H2,(H,12,13). The van der Waals surface area contributed by atoms with Crippen LogP contribution in [0.2, 0.25) is 5.02 Å². The Bertz CT molecular complexity index is 368. The molecule has 1 fully saturated rings. The molecule has 1 N–H and O–H groups in total. The highest BCUT2D eigenvalue weighted by Gasteiger charge is 2.44. The number of ether oxygens (including phenoxy) is 1. The van der Waals surface area contributed by atoms with Crippen LogP contribution in [-0.4, -0.2) is 24.3 Å². The fourth-order valence-corrected chi connectivity index (χ4v) is 3.38. The summed E-state index contributed by atoms with van der Waals surface area (Å²) in [5.41, 5.74) is -0.830. The number of carboxylic acids is 1. The molecule has 0 bridgehead atoms. The summed E-state index contributed by atoms with van der Waals surface area (Å²) in [5.74, 6) is -0.796. The fraction of sp³-hybridized carbons (Fsp3) is 0.500. The van der Waals surface area contributed by atoms with E-state index in [0.29, 0.717) is 31.1 Å². The topological polar surface area (TPSA) is 46.5 Å². The van der Waals surface area contributed by atoms with Crippen molar-refractivity contribution in [2.45, 2.75) is 18.3 Å². The molecule has 2 heterocycles. The average molecular weight is 247 g/mol. The third-order valence-electron chi connectivity index (χ3n) is 2.81. The normalized spacial score (nSPS) is 20.1. The van der Waals surface area contributed by atoms with Gasteiger partial charge in [0.05, 0.1) is 5.02 Å². The van der Waals surface area contributed by atoms with E-state index in [0.717, 1.165) is 4.88 Å². The molecule has 0 spiro atoms. The Morgan fingerprint density at radius 3 is 2.67 bits per heavy atom. The number of carboxylic acid groups (broad SMARTS) is 1. The number of rotatable bonds is 2. The van der Waals surface area contributed by atoms with E-state index in [2.05, 4.69) is 0 Å². The molecule has 0 aromatic carbocycles. The highest BCUT2D eigenvalue weighted by atomic mass is 35.5. The number of hydrogen-bond donors (Lipinski definition) is 1. The van der Waals surface area contributed by atoms with Gasteiger partial charge in [-0.05, 0) is 24.3 Å². The zero-order valence-electron chi connectivity index (χ0n) is 8.03. The summed E-state index contributed by atoms with van der Waals surface area (Å²) in [6.07, 6.45) is 1.01. The van der Waals surface area contributed by atoms with Crippen molar-refractivity contribution >= 4 is 28.9 Å². The van der Waals surface area contributed by atoms with Crippen LogP contribution in [0.3, 0.4) is 0 Å². The van der Waals surface area contributed by atoms with E-state index in [1.165, 1.54) is 11.3 Å². The van der Waals surface area contributed by atoms with Gasteiger partial charge in [-0.1, -0.05) is 11.6 Å². The van der Waals surface area contributed by atoms with Crippen LogP contribution in [0.1, 0.15) is 17.7 Å². The van der Waals surface area contributed by atoms with E-state index in [1.807, 2.05) is 5.38 Å².